The lowest BCUT2D eigenvalue weighted by Crippen LogP contribution is -2.21. The number of benzene rings is 2. The number of furan rings is 1. The van der Waals surface area contributed by atoms with Crippen LogP contribution in [0, 0.1) is 0 Å². The van der Waals surface area contributed by atoms with Gasteiger partial charge in [-0.1, -0.05) is 18.2 Å². The number of aromatic nitrogens is 1. The minimum absolute atomic E-state index is 0.115. The Kier molecular flexibility index (Phi) is 4.41. The Balaban J connectivity index is 1.42. The van der Waals surface area contributed by atoms with E-state index in [9.17, 15) is 14.4 Å². The van der Waals surface area contributed by atoms with Gasteiger partial charge in [0, 0.05) is 28.2 Å². The number of carbonyl (C=O) groups is 3. The molecule has 2 aromatic heterocycles. The largest absolute Gasteiger partial charge is 0.456 e. The van der Waals surface area contributed by atoms with Crippen LogP contribution < -0.4 is 5.32 Å². The van der Waals surface area contributed by atoms with Gasteiger partial charge in [-0.15, -0.1) is 0 Å². The number of para-hydroxylation sites is 1. The number of ether oxygens (including phenoxy) is 1. The van der Waals surface area contributed by atoms with Crippen LogP contribution in [0.5, 0.6) is 0 Å². The summed E-state index contributed by atoms with van der Waals surface area (Å²) in [6.07, 6.45) is 1.42. The van der Waals surface area contributed by atoms with Gasteiger partial charge in [0.05, 0.1) is 0 Å². The number of rotatable bonds is 5. The summed E-state index contributed by atoms with van der Waals surface area (Å²) in [4.78, 5) is 38.0. The van der Waals surface area contributed by atoms with Gasteiger partial charge in [-0.05, 0) is 37.3 Å². The third kappa shape index (κ3) is 3.37. The lowest BCUT2D eigenvalue weighted by atomic mass is 10.1. The second-order valence-corrected chi connectivity index (χ2v) is 6.29. The fourth-order valence-electron chi connectivity index (χ4n) is 2.93. The third-order valence-electron chi connectivity index (χ3n) is 4.30. The lowest BCUT2D eigenvalue weighted by molar-refractivity contribution is -0.119. The van der Waals surface area contributed by atoms with E-state index in [1.54, 1.807) is 12.1 Å². The Morgan fingerprint density at radius 2 is 1.82 bits per heavy atom. The van der Waals surface area contributed by atoms with E-state index in [4.69, 9.17) is 9.15 Å². The fourth-order valence-corrected chi connectivity index (χ4v) is 2.93. The van der Waals surface area contributed by atoms with E-state index in [1.807, 2.05) is 30.3 Å². The van der Waals surface area contributed by atoms with Gasteiger partial charge in [-0.25, -0.2) is 4.79 Å². The van der Waals surface area contributed by atoms with Crippen molar-refractivity contribution in [1.82, 2.24) is 4.98 Å². The van der Waals surface area contributed by atoms with Crippen LogP contribution >= 0.6 is 0 Å². The zero-order chi connectivity index (χ0) is 19.7. The molecule has 2 heterocycles. The predicted octanol–water partition coefficient (Wildman–Crippen LogP) is 3.91. The number of Topliss-reactive ketones (excluding diaryl/α,β-unsaturated/α-hetero) is 1. The van der Waals surface area contributed by atoms with Gasteiger partial charge in [-0.3, -0.25) is 9.59 Å². The van der Waals surface area contributed by atoms with Crippen molar-refractivity contribution in [3.8, 4) is 0 Å². The summed E-state index contributed by atoms with van der Waals surface area (Å²) in [5, 5.41) is 4.53. The second-order valence-electron chi connectivity index (χ2n) is 6.29. The molecular formula is C21H16N2O5. The number of fused-ring (bicyclic) bond motifs is 3. The summed E-state index contributed by atoms with van der Waals surface area (Å²) >= 11 is 0. The van der Waals surface area contributed by atoms with Crippen LogP contribution in [0.2, 0.25) is 0 Å². The molecule has 0 radical (unpaired) electrons. The molecule has 7 heteroatoms. The van der Waals surface area contributed by atoms with Crippen LogP contribution in [0.3, 0.4) is 0 Å². The van der Waals surface area contributed by atoms with Crippen LogP contribution in [0.15, 0.2) is 59.1 Å². The molecule has 0 bridgehead atoms. The molecule has 2 aromatic carbocycles. The van der Waals surface area contributed by atoms with E-state index in [1.165, 1.54) is 19.2 Å². The molecular weight excluding hydrogens is 360 g/mol. The topological polar surface area (TPSA) is 101 Å². The fraction of sp³-hybridized carbons (Fsp3) is 0.0952. The maximum atomic E-state index is 12.1. The molecule has 0 fully saturated rings. The average molecular weight is 376 g/mol. The van der Waals surface area contributed by atoms with E-state index in [0.29, 0.717) is 11.3 Å². The average Bonchev–Trinajstić information content (AvgIpc) is 3.31. The lowest BCUT2D eigenvalue weighted by Gasteiger charge is -2.06. The normalized spacial score (nSPS) is 10.9. The van der Waals surface area contributed by atoms with Gasteiger partial charge in [0.15, 0.2) is 12.4 Å². The molecule has 28 heavy (non-hydrogen) atoms. The Morgan fingerprint density at radius 3 is 2.61 bits per heavy atom. The molecule has 0 aliphatic carbocycles. The van der Waals surface area contributed by atoms with Crippen molar-refractivity contribution in [2.24, 2.45) is 0 Å². The number of hydrogen-bond acceptors (Lipinski definition) is 5. The summed E-state index contributed by atoms with van der Waals surface area (Å²) in [6, 6.07) is 14.3. The number of hydrogen-bond donors (Lipinski definition) is 2. The smallest absolute Gasteiger partial charge is 0.355 e. The summed E-state index contributed by atoms with van der Waals surface area (Å²) in [5.74, 6) is -1.35. The van der Waals surface area contributed by atoms with Crippen molar-refractivity contribution in [2.45, 2.75) is 6.92 Å². The zero-order valence-corrected chi connectivity index (χ0v) is 14.9. The van der Waals surface area contributed by atoms with Crippen molar-refractivity contribution in [1.29, 1.82) is 0 Å². The van der Waals surface area contributed by atoms with Gasteiger partial charge in [0.25, 0.3) is 5.91 Å². The summed E-state index contributed by atoms with van der Waals surface area (Å²) in [6.45, 7) is 0.948. The van der Waals surface area contributed by atoms with E-state index >= 15 is 0 Å². The maximum absolute atomic E-state index is 12.1. The second kappa shape index (κ2) is 7.03. The van der Waals surface area contributed by atoms with Crippen molar-refractivity contribution >= 4 is 45.3 Å². The molecule has 0 spiro atoms. The van der Waals surface area contributed by atoms with Gasteiger partial charge in [0.2, 0.25) is 0 Å². The number of ketones is 1. The molecule has 2 N–H and O–H groups in total. The Hall–Kier alpha value is -3.87. The highest BCUT2D eigenvalue weighted by molar-refractivity contribution is 6.07. The first kappa shape index (κ1) is 17.5. The summed E-state index contributed by atoms with van der Waals surface area (Å²) < 4.78 is 10.7. The van der Waals surface area contributed by atoms with E-state index in [0.717, 1.165) is 21.9 Å². The van der Waals surface area contributed by atoms with Crippen LogP contribution in [0.1, 0.15) is 27.8 Å². The first-order chi connectivity index (χ1) is 13.5. The quantitative estimate of drug-likeness (QED) is 0.406. The molecule has 140 valence electrons. The van der Waals surface area contributed by atoms with E-state index < -0.39 is 18.5 Å². The van der Waals surface area contributed by atoms with Gasteiger partial charge in [-0.2, -0.15) is 0 Å². The SMILES string of the molecule is CC(=O)c1c[nH]c(C(=O)OCC(=O)Nc2ccc3oc4ccccc4c3c2)c1. The first-order valence-electron chi connectivity index (χ1n) is 8.59. The minimum Gasteiger partial charge on any atom is -0.456 e. The molecule has 0 unspecified atom stereocenters. The summed E-state index contributed by atoms with van der Waals surface area (Å²) in [5.41, 5.74) is 2.55. The minimum atomic E-state index is -0.709. The number of esters is 1. The van der Waals surface area contributed by atoms with Crippen molar-refractivity contribution in [3.63, 3.8) is 0 Å². The van der Waals surface area contributed by atoms with Gasteiger partial charge in [0.1, 0.15) is 16.9 Å². The number of carbonyl (C=O) groups excluding carboxylic acids is 3. The van der Waals surface area contributed by atoms with E-state index in [-0.39, 0.29) is 11.5 Å². The van der Waals surface area contributed by atoms with E-state index in [2.05, 4.69) is 10.3 Å². The van der Waals surface area contributed by atoms with Gasteiger partial charge >= 0.3 is 5.97 Å². The van der Waals surface area contributed by atoms with Gasteiger partial charge < -0.3 is 19.5 Å². The Bertz CT molecular complexity index is 1220. The maximum Gasteiger partial charge on any atom is 0.355 e. The molecule has 7 nitrogen and oxygen atoms in total. The highest BCUT2D eigenvalue weighted by Gasteiger charge is 2.14. The Labute approximate surface area is 159 Å². The number of nitrogens with one attached hydrogen (secondary N) is 2. The van der Waals surface area contributed by atoms with Crippen LogP contribution in [-0.4, -0.2) is 29.3 Å². The Morgan fingerprint density at radius 1 is 1.04 bits per heavy atom. The first-order valence-corrected chi connectivity index (χ1v) is 8.59. The molecule has 4 aromatic rings. The predicted molar refractivity (Wildman–Crippen MR) is 103 cm³/mol. The summed E-state index contributed by atoms with van der Waals surface area (Å²) in [7, 11) is 0. The highest BCUT2D eigenvalue weighted by atomic mass is 16.5. The molecule has 1 amide bonds. The van der Waals surface area contributed by atoms with Crippen molar-refractivity contribution < 1.29 is 23.5 Å². The molecule has 0 atom stereocenters. The molecule has 4 rings (SSSR count). The number of amides is 1. The number of aromatic amines is 1. The molecule has 0 aliphatic rings. The zero-order valence-electron chi connectivity index (χ0n) is 14.9. The van der Waals surface area contributed by atoms with Crippen molar-refractivity contribution in [3.05, 3.63) is 66.0 Å². The highest BCUT2D eigenvalue weighted by Crippen LogP contribution is 2.30. The van der Waals surface area contributed by atoms with Crippen LogP contribution in [0.25, 0.3) is 21.9 Å². The number of anilines is 1. The standard InChI is InChI=1S/C21H16N2O5/c1-12(24)13-8-17(22-10-13)21(26)27-11-20(25)23-14-6-7-19-16(9-14)15-4-2-3-5-18(15)28-19/h2-10,22H,11H2,1H3,(H,23,25). The monoisotopic (exact) mass is 376 g/mol. The van der Waals surface area contributed by atoms with Crippen LogP contribution in [0.4, 0.5) is 5.69 Å². The molecule has 0 saturated carbocycles. The third-order valence-corrected chi connectivity index (χ3v) is 4.30. The van der Waals surface area contributed by atoms with Crippen molar-refractivity contribution in [2.75, 3.05) is 11.9 Å². The number of H-pyrrole nitrogens is 1. The molecule has 0 aliphatic heterocycles. The molecule has 0 saturated heterocycles. The van der Waals surface area contributed by atoms with Crippen LogP contribution in [-0.2, 0) is 9.53 Å².